The van der Waals surface area contributed by atoms with Crippen LogP contribution in [-0.2, 0) is 0 Å². The molecule has 0 fully saturated rings. The third-order valence-corrected chi connectivity index (χ3v) is 5.30. The number of aromatic amines is 2. The second-order valence-corrected chi connectivity index (χ2v) is 7.06. The number of fused-ring (bicyclic) bond motifs is 1. The van der Waals surface area contributed by atoms with Gasteiger partial charge in [-0.2, -0.15) is 0 Å². The first kappa shape index (κ1) is 17.9. The van der Waals surface area contributed by atoms with E-state index in [0.29, 0.717) is 11.3 Å². The van der Waals surface area contributed by atoms with Crippen molar-refractivity contribution in [3.63, 3.8) is 0 Å². The fourth-order valence-corrected chi connectivity index (χ4v) is 3.80. The van der Waals surface area contributed by atoms with Crippen molar-refractivity contribution in [1.29, 1.82) is 0 Å². The SMILES string of the molecule is Cc1c(C(=O)O)cccc1-c1nc(-c2ccccc2)[nH]c1-c1ccnc2[nH]ccc12. The van der Waals surface area contributed by atoms with E-state index < -0.39 is 5.97 Å². The van der Waals surface area contributed by atoms with Crippen molar-refractivity contribution >= 4 is 17.0 Å². The number of H-pyrrole nitrogens is 2. The minimum Gasteiger partial charge on any atom is -0.478 e. The average Bonchev–Trinajstić information content (AvgIpc) is 3.41. The Hall–Kier alpha value is -4.19. The molecule has 3 aromatic heterocycles. The van der Waals surface area contributed by atoms with E-state index in [1.54, 1.807) is 18.3 Å². The molecule has 0 radical (unpaired) electrons. The lowest BCUT2D eigenvalue weighted by Crippen LogP contribution is -2.01. The Kier molecular flexibility index (Phi) is 4.17. The molecule has 0 saturated carbocycles. The van der Waals surface area contributed by atoms with Crippen LogP contribution in [0.5, 0.6) is 0 Å². The molecule has 6 nitrogen and oxygen atoms in total. The van der Waals surface area contributed by atoms with Gasteiger partial charge in [0.2, 0.25) is 0 Å². The predicted molar refractivity (Wildman–Crippen MR) is 116 cm³/mol. The third-order valence-electron chi connectivity index (χ3n) is 5.30. The summed E-state index contributed by atoms with van der Waals surface area (Å²) in [5, 5.41) is 10.5. The molecule has 0 amide bonds. The van der Waals surface area contributed by atoms with Gasteiger partial charge in [0.25, 0.3) is 0 Å². The summed E-state index contributed by atoms with van der Waals surface area (Å²) in [5.41, 5.74) is 5.95. The van der Waals surface area contributed by atoms with Gasteiger partial charge in [-0.05, 0) is 30.7 Å². The van der Waals surface area contributed by atoms with Crippen molar-refractivity contribution in [2.75, 3.05) is 0 Å². The molecule has 0 aliphatic rings. The highest BCUT2D eigenvalue weighted by molar-refractivity contribution is 5.98. The minimum absolute atomic E-state index is 0.268. The van der Waals surface area contributed by atoms with Crippen LogP contribution < -0.4 is 0 Å². The fraction of sp³-hybridized carbons (Fsp3) is 0.0417. The second-order valence-electron chi connectivity index (χ2n) is 7.06. The van der Waals surface area contributed by atoms with Gasteiger partial charge in [-0.1, -0.05) is 42.5 Å². The van der Waals surface area contributed by atoms with Gasteiger partial charge in [-0.25, -0.2) is 14.8 Å². The fourth-order valence-electron chi connectivity index (χ4n) is 3.80. The van der Waals surface area contributed by atoms with Crippen molar-refractivity contribution in [3.8, 4) is 33.9 Å². The summed E-state index contributed by atoms with van der Waals surface area (Å²) < 4.78 is 0. The number of benzene rings is 2. The van der Waals surface area contributed by atoms with Crippen LogP contribution in [0.2, 0.25) is 0 Å². The molecule has 0 aliphatic carbocycles. The molecule has 5 rings (SSSR count). The Labute approximate surface area is 172 Å². The van der Waals surface area contributed by atoms with Crippen LogP contribution in [0.15, 0.2) is 73.1 Å². The van der Waals surface area contributed by atoms with E-state index >= 15 is 0 Å². The molecular formula is C24H18N4O2. The summed E-state index contributed by atoms with van der Waals surface area (Å²) in [4.78, 5) is 27.6. The van der Waals surface area contributed by atoms with Gasteiger partial charge >= 0.3 is 5.97 Å². The standard InChI is InChI=1S/C24H18N4O2/c1-14-16(8-5-9-17(14)24(29)30)20-21(18-10-12-25-23-19(18)11-13-26-23)28-22(27-20)15-6-3-2-4-7-15/h2-13H,1H3,(H,25,26)(H,27,28)(H,29,30). The molecule has 30 heavy (non-hydrogen) atoms. The van der Waals surface area contributed by atoms with Crippen LogP contribution in [0.1, 0.15) is 15.9 Å². The molecule has 5 aromatic rings. The normalized spacial score (nSPS) is 11.1. The number of imidazole rings is 1. The van der Waals surface area contributed by atoms with E-state index in [-0.39, 0.29) is 5.56 Å². The number of aromatic carboxylic acids is 1. The largest absolute Gasteiger partial charge is 0.478 e. The predicted octanol–water partition coefficient (Wildman–Crippen LogP) is 5.29. The van der Waals surface area contributed by atoms with Crippen molar-refractivity contribution in [1.82, 2.24) is 19.9 Å². The highest BCUT2D eigenvalue weighted by Gasteiger charge is 2.21. The summed E-state index contributed by atoms with van der Waals surface area (Å²) in [6, 6.07) is 19.1. The molecule has 0 bridgehead atoms. The van der Waals surface area contributed by atoms with Crippen LogP contribution in [0, 0.1) is 6.92 Å². The summed E-state index contributed by atoms with van der Waals surface area (Å²) in [7, 11) is 0. The number of rotatable bonds is 4. The number of carboxylic acids is 1. The van der Waals surface area contributed by atoms with E-state index in [9.17, 15) is 9.90 Å². The molecular weight excluding hydrogens is 376 g/mol. The van der Waals surface area contributed by atoms with Crippen molar-refractivity contribution in [2.24, 2.45) is 0 Å². The van der Waals surface area contributed by atoms with Crippen molar-refractivity contribution in [2.45, 2.75) is 6.92 Å². The molecule has 0 saturated heterocycles. The Bertz CT molecular complexity index is 1380. The topological polar surface area (TPSA) is 94.7 Å². The van der Waals surface area contributed by atoms with Gasteiger partial charge < -0.3 is 15.1 Å². The molecule has 0 atom stereocenters. The molecule has 146 valence electrons. The zero-order valence-electron chi connectivity index (χ0n) is 16.2. The maximum Gasteiger partial charge on any atom is 0.335 e. The minimum atomic E-state index is -0.952. The number of pyridine rings is 1. The van der Waals surface area contributed by atoms with Crippen molar-refractivity contribution < 1.29 is 9.90 Å². The number of carbonyl (C=O) groups is 1. The number of hydrogen-bond acceptors (Lipinski definition) is 3. The first-order valence-corrected chi connectivity index (χ1v) is 9.54. The third kappa shape index (κ3) is 2.86. The zero-order chi connectivity index (χ0) is 20.7. The maximum absolute atomic E-state index is 11.7. The van der Waals surface area contributed by atoms with E-state index in [1.165, 1.54) is 0 Å². The Morgan fingerprint density at radius 2 is 1.80 bits per heavy atom. The molecule has 2 aromatic carbocycles. The van der Waals surface area contributed by atoms with Crippen LogP contribution in [-0.4, -0.2) is 31.0 Å². The van der Waals surface area contributed by atoms with Crippen LogP contribution in [0.4, 0.5) is 0 Å². The van der Waals surface area contributed by atoms with Gasteiger partial charge in [0.1, 0.15) is 11.5 Å². The Balaban J connectivity index is 1.81. The summed E-state index contributed by atoms with van der Waals surface area (Å²) in [5.74, 6) is -0.229. The van der Waals surface area contributed by atoms with Crippen LogP contribution in [0.25, 0.3) is 44.9 Å². The van der Waals surface area contributed by atoms with Gasteiger partial charge in [-0.15, -0.1) is 0 Å². The molecule has 0 unspecified atom stereocenters. The molecule has 0 aliphatic heterocycles. The first-order chi connectivity index (χ1) is 14.6. The molecule has 6 heteroatoms. The quantitative estimate of drug-likeness (QED) is 0.386. The highest BCUT2D eigenvalue weighted by atomic mass is 16.4. The summed E-state index contributed by atoms with van der Waals surface area (Å²) >= 11 is 0. The monoisotopic (exact) mass is 394 g/mol. The lowest BCUT2D eigenvalue weighted by Gasteiger charge is -2.09. The highest BCUT2D eigenvalue weighted by Crippen LogP contribution is 2.37. The zero-order valence-corrected chi connectivity index (χ0v) is 16.2. The number of hydrogen-bond donors (Lipinski definition) is 3. The average molecular weight is 394 g/mol. The summed E-state index contributed by atoms with van der Waals surface area (Å²) in [6.45, 7) is 1.82. The van der Waals surface area contributed by atoms with E-state index in [1.807, 2.05) is 61.7 Å². The number of carboxylic acid groups (broad SMARTS) is 1. The lowest BCUT2D eigenvalue weighted by atomic mass is 9.97. The van der Waals surface area contributed by atoms with E-state index in [4.69, 9.17) is 4.98 Å². The van der Waals surface area contributed by atoms with E-state index in [2.05, 4.69) is 15.0 Å². The van der Waals surface area contributed by atoms with Gasteiger partial charge in [0, 0.05) is 34.5 Å². The second kappa shape index (κ2) is 7.00. The number of nitrogens with one attached hydrogen (secondary N) is 2. The molecule has 3 N–H and O–H groups in total. The van der Waals surface area contributed by atoms with Crippen LogP contribution in [0.3, 0.4) is 0 Å². The first-order valence-electron chi connectivity index (χ1n) is 9.54. The Morgan fingerprint density at radius 3 is 2.60 bits per heavy atom. The Morgan fingerprint density at radius 1 is 0.967 bits per heavy atom. The van der Waals surface area contributed by atoms with Crippen LogP contribution >= 0.6 is 0 Å². The molecule has 0 spiro atoms. The lowest BCUT2D eigenvalue weighted by molar-refractivity contribution is 0.0696. The summed E-state index contributed by atoms with van der Waals surface area (Å²) in [6.07, 6.45) is 3.60. The molecule has 3 heterocycles. The van der Waals surface area contributed by atoms with E-state index in [0.717, 1.165) is 39.2 Å². The number of nitrogens with zero attached hydrogens (tertiary/aromatic N) is 2. The maximum atomic E-state index is 11.7. The number of aromatic nitrogens is 4. The smallest absolute Gasteiger partial charge is 0.335 e. The van der Waals surface area contributed by atoms with Gasteiger partial charge in [-0.3, -0.25) is 0 Å². The van der Waals surface area contributed by atoms with Gasteiger partial charge in [0.15, 0.2) is 0 Å². The van der Waals surface area contributed by atoms with Crippen molar-refractivity contribution in [3.05, 3.63) is 84.2 Å². The van der Waals surface area contributed by atoms with Gasteiger partial charge in [0.05, 0.1) is 17.0 Å².